The quantitative estimate of drug-likeness (QED) is 0.824. The molecule has 0 fully saturated rings. The lowest BCUT2D eigenvalue weighted by Crippen LogP contribution is -2.28. The highest BCUT2D eigenvalue weighted by Crippen LogP contribution is 2.22. The summed E-state index contributed by atoms with van der Waals surface area (Å²) in [5.74, 6) is -0.0992. The first-order valence-corrected chi connectivity index (χ1v) is 10.8. The highest BCUT2D eigenvalue weighted by molar-refractivity contribution is 7.91. The van der Waals surface area contributed by atoms with Crippen LogP contribution in [0.4, 0.5) is 0 Å². The number of sulfone groups is 1. The summed E-state index contributed by atoms with van der Waals surface area (Å²) in [5.41, 5.74) is 3.54. The topological polar surface area (TPSA) is 79.4 Å². The SMILES string of the molecule is CC[C@H](NC(=O)c1cnc2c(c1)CN(C)C2)c1ccc(S(=O)(=O)CC)cc1. The maximum absolute atomic E-state index is 12.7. The standard InChI is InChI=1S/C20H25N3O3S/c1-4-18(14-6-8-17(9-7-14)27(25,26)5-2)22-20(24)15-10-16-12-23(3)13-19(16)21-11-15/h6-11,18H,4-5,12-13H2,1-3H3,(H,22,24)/t18-/m0/s1. The number of carbonyl (C=O) groups excluding carboxylic acids is 1. The van der Waals surface area contributed by atoms with Crippen molar-refractivity contribution in [1.82, 2.24) is 15.2 Å². The van der Waals surface area contributed by atoms with Crippen LogP contribution in [-0.2, 0) is 22.9 Å². The number of hydrogen-bond acceptors (Lipinski definition) is 5. The molecule has 1 aliphatic rings. The molecule has 1 amide bonds. The van der Waals surface area contributed by atoms with Gasteiger partial charge in [-0.2, -0.15) is 0 Å². The number of amides is 1. The van der Waals surface area contributed by atoms with Crippen LogP contribution >= 0.6 is 0 Å². The molecule has 1 atom stereocenters. The van der Waals surface area contributed by atoms with Crippen LogP contribution in [-0.4, -0.2) is 37.0 Å². The molecule has 0 unspecified atom stereocenters. The lowest BCUT2D eigenvalue weighted by atomic mass is 10.0. The van der Waals surface area contributed by atoms with E-state index in [1.165, 1.54) is 0 Å². The van der Waals surface area contributed by atoms with E-state index in [1.54, 1.807) is 37.4 Å². The van der Waals surface area contributed by atoms with E-state index in [1.807, 2.05) is 20.0 Å². The fraction of sp³-hybridized carbons (Fsp3) is 0.400. The Morgan fingerprint density at radius 3 is 2.56 bits per heavy atom. The molecule has 0 saturated heterocycles. The Kier molecular flexibility index (Phi) is 5.62. The lowest BCUT2D eigenvalue weighted by molar-refractivity contribution is 0.0935. The molecule has 0 saturated carbocycles. The summed E-state index contributed by atoms with van der Waals surface area (Å²) in [6.45, 7) is 5.22. The minimum atomic E-state index is -3.22. The molecule has 0 aliphatic carbocycles. The molecule has 1 aromatic heterocycles. The van der Waals surface area contributed by atoms with Gasteiger partial charge >= 0.3 is 0 Å². The van der Waals surface area contributed by atoms with E-state index in [2.05, 4.69) is 15.2 Å². The van der Waals surface area contributed by atoms with E-state index < -0.39 is 9.84 Å². The number of pyridine rings is 1. The van der Waals surface area contributed by atoms with Crippen molar-refractivity contribution in [2.24, 2.45) is 0 Å². The van der Waals surface area contributed by atoms with Gasteiger partial charge < -0.3 is 5.32 Å². The second kappa shape index (κ2) is 7.78. The number of rotatable bonds is 6. The number of nitrogens with zero attached hydrogens (tertiary/aromatic N) is 2. The summed E-state index contributed by atoms with van der Waals surface area (Å²) in [6.07, 6.45) is 2.32. The van der Waals surface area contributed by atoms with Crippen LogP contribution in [0.2, 0.25) is 0 Å². The van der Waals surface area contributed by atoms with Crippen LogP contribution in [0.15, 0.2) is 41.4 Å². The first kappa shape index (κ1) is 19.5. The molecular formula is C20H25N3O3S. The Hall–Kier alpha value is -2.25. The fourth-order valence-electron chi connectivity index (χ4n) is 3.28. The summed E-state index contributed by atoms with van der Waals surface area (Å²) in [5, 5.41) is 3.03. The van der Waals surface area contributed by atoms with Gasteiger partial charge in [0.1, 0.15) is 0 Å². The van der Waals surface area contributed by atoms with Crippen molar-refractivity contribution in [1.29, 1.82) is 0 Å². The molecule has 0 spiro atoms. The minimum Gasteiger partial charge on any atom is -0.345 e. The van der Waals surface area contributed by atoms with E-state index in [-0.39, 0.29) is 17.7 Å². The van der Waals surface area contributed by atoms with Gasteiger partial charge in [0.05, 0.1) is 27.9 Å². The van der Waals surface area contributed by atoms with Crippen LogP contribution in [0.1, 0.15) is 53.5 Å². The van der Waals surface area contributed by atoms with Gasteiger partial charge in [0.25, 0.3) is 5.91 Å². The minimum absolute atomic E-state index is 0.0702. The van der Waals surface area contributed by atoms with E-state index in [0.717, 1.165) is 29.9 Å². The van der Waals surface area contributed by atoms with Gasteiger partial charge in [-0.05, 0) is 42.8 Å². The molecular weight excluding hydrogens is 362 g/mol. The van der Waals surface area contributed by atoms with Crippen molar-refractivity contribution in [2.45, 2.75) is 44.3 Å². The first-order valence-electron chi connectivity index (χ1n) is 9.14. The number of benzene rings is 1. The number of nitrogens with one attached hydrogen (secondary N) is 1. The molecule has 3 rings (SSSR count). The fourth-order valence-corrected chi connectivity index (χ4v) is 4.17. The summed E-state index contributed by atoms with van der Waals surface area (Å²) in [6, 6.07) is 8.47. The molecule has 1 N–H and O–H groups in total. The normalized spacial score (nSPS) is 15.4. The Bertz CT molecular complexity index is 939. The van der Waals surface area contributed by atoms with E-state index in [0.29, 0.717) is 16.9 Å². The molecule has 0 bridgehead atoms. The van der Waals surface area contributed by atoms with E-state index in [4.69, 9.17) is 0 Å². The average molecular weight is 388 g/mol. The molecule has 2 aromatic rings. The zero-order valence-corrected chi connectivity index (χ0v) is 16.7. The smallest absolute Gasteiger partial charge is 0.253 e. The Morgan fingerprint density at radius 1 is 1.22 bits per heavy atom. The maximum atomic E-state index is 12.7. The lowest BCUT2D eigenvalue weighted by Gasteiger charge is -2.18. The largest absolute Gasteiger partial charge is 0.345 e. The van der Waals surface area contributed by atoms with Crippen molar-refractivity contribution in [3.05, 3.63) is 58.9 Å². The van der Waals surface area contributed by atoms with Gasteiger partial charge in [0.15, 0.2) is 9.84 Å². The van der Waals surface area contributed by atoms with Crippen molar-refractivity contribution < 1.29 is 13.2 Å². The summed E-state index contributed by atoms with van der Waals surface area (Å²) in [4.78, 5) is 19.6. The first-order chi connectivity index (χ1) is 12.8. The summed E-state index contributed by atoms with van der Waals surface area (Å²) >= 11 is 0. The predicted molar refractivity (Wildman–Crippen MR) is 104 cm³/mol. The summed E-state index contributed by atoms with van der Waals surface area (Å²) in [7, 11) is -1.20. The molecule has 1 aromatic carbocycles. The third kappa shape index (κ3) is 4.20. The zero-order valence-electron chi connectivity index (χ0n) is 15.9. The highest BCUT2D eigenvalue weighted by Gasteiger charge is 2.21. The second-order valence-electron chi connectivity index (χ2n) is 6.91. The van der Waals surface area contributed by atoms with Gasteiger partial charge in [-0.25, -0.2) is 8.42 Å². The molecule has 6 nitrogen and oxygen atoms in total. The van der Waals surface area contributed by atoms with Crippen molar-refractivity contribution in [2.75, 3.05) is 12.8 Å². The Morgan fingerprint density at radius 2 is 1.93 bits per heavy atom. The molecule has 144 valence electrons. The molecule has 2 heterocycles. The van der Waals surface area contributed by atoms with Gasteiger partial charge in [-0.15, -0.1) is 0 Å². The maximum Gasteiger partial charge on any atom is 0.253 e. The van der Waals surface area contributed by atoms with Gasteiger partial charge in [0.2, 0.25) is 0 Å². The van der Waals surface area contributed by atoms with Crippen molar-refractivity contribution in [3.63, 3.8) is 0 Å². The van der Waals surface area contributed by atoms with E-state index >= 15 is 0 Å². The van der Waals surface area contributed by atoms with Gasteiger partial charge in [-0.3, -0.25) is 14.7 Å². The van der Waals surface area contributed by atoms with Crippen LogP contribution in [0, 0.1) is 0 Å². The monoisotopic (exact) mass is 387 g/mol. The molecule has 0 radical (unpaired) electrons. The predicted octanol–water partition coefficient (Wildman–Crippen LogP) is 2.70. The summed E-state index contributed by atoms with van der Waals surface area (Å²) < 4.78 is 23.9. The zero-order chi connectivity index (χ0) is 19.6. The van der Waals surface area contributed by atoms with Crippen LogP contribution in [0.3, 0.4) is 0 Å². The van der Waals surface area contributed by atoms with Gasteiger partial charge in [0, 0.05) is 19.3 Å². The molecule has 27 heavy (non-hydrogen) atoms. The molecule has 7 heteroatoms. The Balaban J connectivity index is 1.75. The highest BCUT2D eigenvalue weighted by atomic mass is 32.2. The molecule has 1 aliphatic heterocycles. The number of carbonyl (C=O) groups is 1. The number of aromatic nitrogens is 1. The third-order valence-corrected chi connectivity index (χ3v) is 6.67. The van der Waals surface area contributed by atoms with Crippen molar-refractivity contribution >= 4 is 15.7 Å². The number of fused-ring (bicyclic) bond motifs is 1. The Labute approximate surface area is 160 Å². The van der Waals surface area contributed by atoms with Gasteiger partial charge in [-0.1, -0.05) is 26.0 Å². The second-order valence-corrected chi connectivity index (χ2v) is 9.19. The van der Waals surface area contributed by atoms with E-state index in [9.17, 15) is 13.2 Å². The van der Waals surface area contributed by atoms with Crippen LogP contribution in [0.25, 0.3) is 0 Å². The van der Waals surface area contributed by atoms with Crippen LogP contribution in [0.5, 0.6) is 0 Å². The third-order valence-electron chi connectivity index (χ3n) is 4.92. The average Bonchev–Trinajstić information content (AvgIpc) is 3.05. The van der Waals surface area contributed by atoms with Crippen LogP contribution < -0.4 is 5.32 Å². The van der Waals surface area contributed by atoms with Crippen molar-refractivity contribution in [3.8, 4) is 0 Å². The number of hydrogen-bond donors (Lipinski definition) is 1.